The number of hydrogen-bond donors (Lipinski definition) is 0. The molecule has 32 heavy (non-hydrogen) atoms. The summed E-state index contributed by atoms with van der Waals surface area (Å²) < 4.78 is 7.20. The fourth-order valence-corrected chi connectivity index (χ4v) is 3.45. The van der Waals surface area contributed by atoms with Gasteiger partial charge in [0.05, 0.1) is 16.8 Å². The van der Waals surface area contributed by atoms with Crippen molar-refractivity contribution in [1.29, 1.82) is 5.26 Å². The summed E-state index contributed by atoms with van der Waals surface area (Å²) in [5.74, 6) is -0.419. The number of hydrogen-bond acceptors (Lipinski definition) is 5. The average Bonchev–Trinajstić information content (AvgIpc) is 3.21. The normalized spacial score (nSPS) is 11.2. The molecule has 2 heterocycles. The lowest BCUT2D eigenvalue weighted by atomic mass is 10.1. The molecule has 0 atom stereocenters. The standard InChI is InChI=1S/C26H22N4O2/c1-18(2)30-25-11-10-20(15-22(25)24(17-27)29-30)23-16-21(12-13-28-23)26(31)32-14-6-9-19-7-4-3-5-8-19/h3-13,15-16,18H,14H2,1-2H3. The van der Waals surface area contributed by atoms with E-state index in [1.807, 2.05) is 73.1 Å². The highest BCUT2D eigenvalue weighted by atomic mass is 16.5. The molecule has 4 aromatic rings. The van der Waals surface area contributed by atoms with Gasteiger partial charge >= 0.3 is 5.97 Å². The van der Waals surface area contributed by atoms with Crippen molar-refractivity contribution in [3.63, 3.8) is 0 Å². The van der Waals surface area contributed by atoms with E-state index < -0.39 is 5.97 Å². The zero-order valence-electron chi connectivity index (χ0n) is 17.9. The number of fused-ring (bicyclic) bond motifs is 1. The summed E-state index contributed by atoms with van der Waals surface area (Å²) in [6.45, 7) is 4.22. The molecule has 0 aliphatic rings. The number of aromatic nitrogens is 3. The van der Waals surface area contributed by atoms with E-state index in [1.165, 1.54) is 0 Å². The Hall–Kier alpha value is -4.24. The third-order valence-electron chi connectivity index (χ3n) is 5.01. The molecule has 0 aliphatic carbocycles. The van der Waals surface area contributed by atoms with Crippen LogP contribution in [-0.2, 0) is 4.74 Å². The van der Waals surface area contributed by atoms with E-state index in [0.29, 0.717) is 17.0 Å². The third-order valence-corrected chi connectivity index (χ3v) is 5.01. The van der Waals surface area contributed by atoms with Crippen molar-refractivity contribution in [3.8, 4) is 17.3 Å². The smallest absolute Gasteiger partial charge is 0.338 e. The van der Waals surface area contributed by atoms with Crippen LogP contribution >= 0.6 is 0 Å². The molecule has 0 fully saturated rings. The SMILES string of the molecule is CC(C)n1nc(C#N)c2cc(-c3cc(C(=O)OCC=Cc4ccccc4)ccn3)ccc21. The summed E-state index contributed by atoms with van der Waals surface area (Å²) in [7, 11) is 0. The van der Waals surface area contributed by atoms with Gasteiger partial charge in [0.25, 0.3) is 0 Å². The van der Waals surface area contributed by atoms with Gasteiger partial charge in [0.15, 0.2) is 5.69 Å². The minimum atomic E-state index is -0.419. The van der Waals surface area contributed by atoms with Gasteiger partial charge in [0.1, 0.15) is 12.7 Å². The minimum absolute atomic E-state index is 0.137. The van der Waals surface area contributed by atoms with Crippen LogP contribution < -0.4 is 0 Å². The Labute approximate surface area is 186 Å². The minimum Gasteiger partial charge on any atom is -0.458 e. The average molecular weight is 422 g/mol. The van der Waals surface area contributed by atoms with E-state index in [9.17, 15) is 10.1 Å². The molecule has 0 N–H and O–H groups in total. The lowest BCUT2D eigenvalue weighted by molar-refractivity contribution is 0.0550. The fourth-order valence-electron chi connectivity index (χ4n) is 3.45. The van der Waals surface area contributed by atoms with Crippen molar-refractivity contribution in [3.05, 3.63) is 89.8 Å². The van der Waals surface area contributed by atoms with Crippen LogP contribution in [0, 0.1) is 11.3 Å². The van der Waals surface area contributed by atoms with Crippen LogP contribution in [0.15, 0.2) is 72.9 Å². The number of nitrogens with zero attached hydrogens (tertiary/aromatic N) is 4. The second-order valence-corrected chi connectivity index (χ2v) is 7.57. The van der Waals surface area contributed by atoms with Crippen LogP contribution in [0.4, 0.5) is 0 Å². The van der Waals surface area contributed by atoms with Crippen LogP contribution in [0.1, 0.15) is 41.5 Å². The van der Waals surface area contributed by atoms with Gasteiger partial charge in [-0.1, -0.05) is 42.5 Å². The number of esters is 1. The van der Waals surface area contributed by atoms with Gasteiger partial charge in [0, 0.05) is 23.2 Å². The van der Waals surface area contributed by atoms with Crippen molar-refractivity contribution < 1.29 is 9.53 Å². The highest BCUT2D eigenvalue weighted by molar-refractivity contribution is 5.92. The van der Waals surface area contributed by atoms with E-state index in [-0.39, 0.29) is 12.6 Å². The number of pyridine rings is 1. The summed E-state index contributed by atoms with van der Waals surface area (Å²) in [4.78, 5) is 16.9. The van der Waals surface area contributed by atoms with E-state index in [4.69, 9.17) is 4.74 Å². The Kier molecular flexibility index (Phi) is 6.09. The Morgan fingerprint density at radius 3 is 2.72 bits per heavy atom. The van der Waals surface area contributed by atoms with Gasteiger partial charge in [-0.15, -0.1) is 0 Å². The zero-order chi connectivity index (χ0) is 22.5. The van der Waals surface area contributed by atoms with Crippen molar-refractivity contribution in [2.24, 2.45) is 0 Å². The van der Waals surface area contributed by atoms with Crippen LogP contribution in [0.5, 0.6) is 0 Å². The number of benzene rings is 2. The summed E-state index contributed by atoms with van der Waals surface area (Å²) in [6, 6.07) is 21.2. The number of nitriles is 1. The molecule has 2 aromatic carbocycles. The summed E-state index contributed by atoms with van der Waals surface area (Å²) in [6.07, 6.45) is 5.29. The summed E-state index contributed by atoms with van der Waals surface area (Å²) in [5, 5.41) is 14.6. The molecule has 6 heteroatoms. The zero-order valence-corrected chi connectivity index (χ0v) is 17.9. The van der Waals surface area contributed by atoms with Gasteiger partial charge in [-0.2, -0.15) is 10.4 Å². The predicted molar refractivity (Wildman–Crippen MR) is 124 cm³/mol. The Bertz CT molecular complexity index is 1330. The third kappa shape index (κ3) is 4.42. The monoisotopic (exact) mass is 422 g/mol. The lowest BCUT2D eigenvalue weighted by Crippen LogP contribution is -2.05. The molecule has 0 unspecified atom stereocenters. The first kappa shape index (κ1) is 21.0. The maximum absolute atomic E-state index is 12.5. The van der Waals surface area contributed by atoms with Crippen LogP contribution in [-0.4, -0.2) is 27.3 Å². The van der Waals surface area contributed by atoms with E-state index >= 15 is 0 Å². The Balaban J connectivity index is 1.53. The number of rotatable bonds is 6. The van der Waals surface area contributed by atoms with Gasteiger partial charge in [-0.05, 0) is 49.8 Å². The van der Waals surface area contributed by atoms with E-state index in [2.05, 4.69) is 16.2 Å². The second kappa shape index (κ2) is 9.27. The van der Waals surface area contributed by atoms with E-state index in [1.54, 1.807) is 24.4 Å². The summed E-state index contributed by atoms with van der Waals surface area (Å²) >= 11 is 0. The van der Waals surface area contributed by atoms with Crippen LogP contribution in [0.2, 0.25) is 0 Å². The van der Waals surface area contributed by atoms with Crippen molar-refractivity contribution in [2.75, 3.05) is 6.61 Å². The predicted octanol–water partition coefficient (Wildman–Crippen LogP) is 5.42. The Morgan fingerprint density at radius 1 is 1.16 bits per heavy atom. The van der Waals surface area contributed by atoms with Gasteiger partial charge in [-0.25, -0.2) is 4.79 Å². The molecule has 4 rings (SSSR count). The lowest BCUT2D eigenvalue weighted by Gasteiger charge is -2.08. The first-order valence-electron chi connectivity index (χ1n) is 10.3. The summed E-state index contributed by atoms with van der Waals surface area (Å²) in [5.41, 5.74) is 4.15. The number of carbonyl (C=O) groups is 1. The van der Waals surface area contributed by atoms with Gasteiger partial charge in [0.2, 0.25) is 0 Å². The van der Waals surface area contributed by atoms with Crippen molar-refractivity contribution >= 4 is 22.9 Å². The number of ether oxygens (including phenoxy) is 1. The molecule has 0 aliphatic heterocycles. The molecule has 0 amide bonds. The Morgan fingerprint density at radius 2 is 1.97 bits per heavy atom. The maximum Gasteiger partial charge on any atom is 0.338 e. The second-order valence-electron chi connectivity index (χ2n) is 7.57. The van der Waals surface area contributed by atoms with Crippen molar-refractivity contribution in [2.45, 2.75) is 19.9 Å². The quantitative estimate of drug-likeness (QED) is 0.388. The van der Waals surface area contributed by atoms with Crippen LogP contribution in [0.3, 0.4) is 0 Å². The molecule has 0 spiro atoms. The first-order chi connectivity index (χ1) is 15.6. The van der Waals surface area contributed by atoms with E-state index in [0.717, 1.165) is 22.0 Å². The molecule has 0 bridgehead atoms. The maximum atomic E-state index is 12.5. The molecule has 0 saturated carbocycles. The van der Waals surface area contributed by atoms with Crippen LogP contribution in [0.25, 0.3) is 28.2 Å². The molecule has 0 saturated heterocycles. The topological polar surface area (TPSA) is 80.8 Å². The van der Waals surface area contributed by atoms with Crippen molar-refractivity contribution in [1.82, 2.24) is 14.8 Å². The molecule has 0 radical (unpaired) electrons. The largest absolute Gasteiger partial charge is 0.458 e. The molecule has 158 valence electrons. The molecule has 2 aromatic heterocycles. The van der Waals surface area contributed by atoms with Gasteiger partial charge in [-0.3, -0.25) is 9.67 Å². The van der Waals surface area contributed by atoms with Gasteiger partial charge < -0.3 is 4.74 Å². The number of carbonyl (C=O) groups excluding carboxylic acids is 1. The molecular formula is C26H22N4O2. The molecular weight excluding hydrogens is 400 g/mol. The fraction of sp³-hybridized carbons (Fsp3) is 0.154. The highest BCUT2D eigenvalue weighted by Gasteiger charge is 2.15. The molecule has 6 nitrogen and oxygen atoms in total. The first-order valence-corrected chi connectivity index (χ1v) is 10.3. The highest BCUT2D eigenvalue weighted by Crippen LogP contribution is 2.27.